The number of nitrogens with one attached hydrogen (secondary N) is 1. The number of likely N-dealkylation sites (N-methyl/N-ethyl adjacent to an activating group) is 1. The molecule has 4 nitrogen and oxygen atoms in total. The van der Waals surface area contributed by atoms with E-state index in [2.05, 4.69) is 15.2 Å². The third kappa shape index (κ3) is 5.82. The average molecular weight is 446 g/mol. The summed E-state index contributed by atoms with van der Waals surface area (Å²) in [5.41, 5.74) is 3.73. The molecule has 7 heteroatoms. The first-order chi connectivity index (χ1) is 14.0. The fraction of sp³-hybridized carbons (Fsp3) is 0.273. The van der Waals surface area contributed by atoms with Gasteiger partial charge in [0, 0.05) is 34.0 Å². The van der Waals surface area contributed by atoms with Crippen molar-refractivity contribution < 1.29 is 4.79 Å². The molecule has 1 unspecified atom stereocenters. The van der Waals surface area contributed by atoms with E-state index in [4.69, 9.17) is 11.6 Å². The Balaban J connectivity index is 1.69. The largest absolute Gasteiger partial charge is 0.350 e. The Morgan fingerprint density at radius 2 is 1.93 bits per heavy atom. The van der Waals surface area contributed by atoms with Crippen molar-refractivity contribution in [1.29, 1.82) is 0 Å². The lowest BCUT2D eigenvalue weighted by atomic mass is 10.0. The zero-order chi connectivity index (χ0) is 20.8. The van der Waals surface area contributed by atoms with Crippen molar-refractivity contribution in [3.05, 3.63) is 81.3 Å². The van der Waals surface area contributed by atoms with Crippen LogP contribution in [0.5, 0.6) is 0 Å². The van der Waals surface area contributed by atoms with E-state index >= 15 is 0 Å². The van der Waals surface area contributed by atoms with Gasteiger partial charge in [-0.05, 0) is 44.3 Å². The molecule has 29 heavy (non-hydrogen) atoms. The highest BCUT2D eigenvalue weighted by molar-refractivity contribution is 8.00. The number of rotatable bonds is 8. The lowest BCUT2D eigenvalue weighted by Crippen LogP contribution is -2.35. The minimum absolute atomic E-state index is 0.00696. The average Bonchev–Trinajstić information content (AvgIpc) is 3.13. The lowest BCUT2D eigenvalue weighted by Gasteiger charge is -2.26. The van der Waals surface area contributed by atoms with Gasteiger partial charge < -0.3 is 10.2 Å². The quantitative estimate of drug-likeness (QED) is 0.469. The van der Waals surface area contributed by atoms with E-state index in [9.17, 15) is 4.79 Å². The van der Waals surface area contributed by atoms with Gasteiger partial charge >= 0.3 is 0 Å². The van der Waals surface area contributed by atoms with Crippen LogP contribution in [-0.2, 0) is 5.75 Å². The number of carbonyl (C=O) groups is 1. The number of hydrogen-bond donors (Lipinski definition) is 1. The minimum atomic E-state index is -0.0737. The number of aromatic nitrogens is 1. The molecule has 0 aliphatic heterocycles. The Morgan fingerprint density at radius 1 is 1.21 bits per heavy atom. The second-order valence-corrected chi connectivity index (χ2v) is 9.40. The maximum Gasteiger partial charge on any atom is 0.251 e. The van der Waals surface area contributed by atoms with Crippen molar-refractivity contribution in [2.75, 3.05) is 20.6 Å². The van der Waals surface area contributed by atoms with Crippen molar-refractivity contribution in [1.82, 2.24) is 15.2 Å². The Bertz CT molecular complexity index is 974. The van der Waals surface area contributed by atoms with Crippen LogP contribution in [0.25, 0.3) is 0 Å². The maximum atomic E-state index is 12.9. The third-order valence-corrected chi connectivity index (χ3v) is 7.09. The van der Waals surface area contributed by atoms with E-state index in [-0.39, 0.29) is 11.9 Å². The van der Waals surface area contributed by atoms with E-state index < -0.39 is 0 Å². The van der Waals surface area contributed by atoms with Crippen LogP contribution < -0.4 is 5.32 Å². The molecule has 0 saturated heterocycles. The first-order valence-electron chi connectivity index (χ1n) is 9.27. The lowest BCUT2D eigenvalue weighted by molar-refractivity contribution is 0.0941. The van der Waals surface area contributed by atoms with Gasteiger partial charge in [0.25, 0.3) is 5.91 Å². The van der Waals surface area contributed by atoms with Crippen LogP contribution in [0.1, 0.15) is 33.2 Å². The minimum Gasteiger partial charge on any atom is -0.350 e. The van der Waals surface area contributed by atoms with Gasteiger partial charge in [-0.25, -0.2) is 4.98 Å². The number of aryl methyl sites for hydroxylation is 1. The molecule has 152 valence electrons. The van der Waals surface area contributed by atoms with Gasteiger partial charge in [-0.1, -0.05) is 59.8 Å². The predicted octanol–water partition coefficient (Wildman–Crippen LogP) is 5.43. The number of thioether (sulfide) groups is 1. The molecule has 2 aromatic carbocycles. The topological polar surface area (TPSA) is 45.2 Å². The number of amides is 1. The molecule has 1 amide bonds. The van der Waals surface area contributed by atoms with Crippen LogP contribution in [-0.4, -0.2) is 36.4 Å². The number of halogens is 1. The number of nitrogens with zero attached hydrogens (tertiary/aromatic N) is 2. The van der Waals surface area contributed by atoms with E-state index in [1.807, 2.05) is 74.9 Å². The fourth-order valence-corrected chi connectivity index (χ4v) is 5.12. The highest BCUT2D eigenvalue weighted by atomic mass is 35.5. The molecule has 1 heterocycles. The SMILES string of the molecule is Cc1csc(SCc2ccccc2C(=O)NCC(c2ccccc2Cl)N(C)C)n1. The number of thiazole rings is 1. The third-order valence-electron chi connectivity index (χ3n) is 4.55. The van der Waals surface area contributed by atoms with Gasteiger partial charge in [0.1, 0.15) is 4.34 Å². The Kier molecular flexibility index (Phi) is 7.72. The van der Waals surface area contributed by atoms with Gasteiger partial charge in [0.15, 0.2) is 0 Å². The molecule has 0 aliphatic rings. The summed E-state index contributed by atoms with van der Waals surface area (Å²) < 4.78 is 1.02. The molecule has 0 bridgehead atoms. The molecule has 3 rings (SSSR count). The predicted molar refractivity (Wildman–Crippen MR) is 123 cm³/mol. The van der Waals surface area contributed by atoms with Gasteiger partial charge in [-0.15, -0.1) is 11.3 Å². The van der Waals surface area contributed by atoms with Crippen LogP contribution >= 0.6 is 34.7 Å². The molecule has 1 aromatic heterocycles. The van der Waals surface area contributed by atoms with Crippen molar-refractivity contribution in [3.63, 3.8) is 0 Å². The molecule has 1 N–H and O–H groups in total. The standard InChI is InChI=1S/C22H24ClN3OS2/c1-15-13-28-22(25-15)29-14-16-8-4-5-9-17(16)21(27)24-12-20(26(2)3)18-10-6-7-11-19(18)23/h4-11,13,20H,12,14H2,1-3H3,(H,24,27). The molecule has 0 aliphatic carbocycles. The molecule has 0 saturated carbocycles. The summed E-state index contributed by atoms with van der Waals surface area (Å²) in [5.74, 6) is 0.633. The first kappa shape index (κ1) is 21.8. The second-order valence-electron chi connectivity index (χ2n) is 6.91. The van der Waals surface area contributed by atoms with Crippen LogP contribution in [0.4, 0.5) is 0 Å². The molecule has 0 radical (unpaired) electrons. The highest BCUT2D eigenvalue weighted by Gasteiger charge is 2.19. The summed E-state index contributed by atoms with van der Waals surface area (Å²) >= 11 is 9.66. The molecular formula is C22H24ClN3OS2. The van der Waals surface area contributed by atoms with Crippen LogP contribution in [0.15, 0.2) is 58.3 Å². The summed E-state index contributed by atoms with van der Waals surface area (Å²) in [7, 11) is 3.97. The van der Waals surface area contributed by atoms with Crippen LogP contribution in [0.3, 0.4) is 0 Å². The number of hydrogen-bond acceptors (Lipinski definition) is 5. The van der Waals surface area contributed by atoms with E-state index in [0.29, 0.717) is 22.9 Å². The van der Waals surface area contributed by atoms with Gasteiger partial charge in [-0.3, -0.25) is 4.79 Å². The van der Waals surface area contributed by atoms with E-state index in [1.165, 1.54) is 0 Å². The molecule has 3 aromatic rings. The summed E-state index contributed by atoms with van der Waals surface area (Å²) in [5, 5.41) is 5.83. The summed E-state index contributed by atoms with van der Waals surface area (Å²) in [4.78, 5) is 19.5. The van der Waals surface area contributed by atoms with Gasteiger partial charge in [-0.2, -0.15) is 0 Å². The Labute approximate surface area is 185 Å². The van der Waals surface area contributed by atoms with Crippen LogP contribution in [0, 0.1) is 6.92 Å². The van der Waals surface area contributed by atoms with E-state index in [1.54, 1.807) is 23.1 Å². The molecular weight excluding hydrogens is 422 g/mol. The first-order valence-corrected chi connectivity index (χ1v) is 11.5. The van der Waals surface area contributed by atoms with Crippen LogP contribution in [0.2, 0.25) is 5.02 Å². The molecule has 1 atom stereocenters. The summed E-state index contributed by atoms with van der Waals surface area (Å²) in [6.07, 6.45) is 0. The van der Waals surface area contributed by atoms with Gasteiger partial charge in [0.2, 0.25) is 0 Å². The summed E-state index contributed by atoms with van der Waals surface area (Å²) in [6.45, 7) is 2.46. The van der Waals surface area contributed by atoms with Crippen molar-refractivity contribution in [3.8, 4) is 0 Å². The highest BCUT2D eigenvalue weighted by Crippen LogP contribution is 2.28. The number of carbonyl (C=O) groups excluding carboxylic acids is 1. The van der Waals surface area contributed by atoms with E-state index in [0.717, 1.165) is 21.2 Å². The van der Waals surface area contributed by atoms with Crippen molar-refractivity contribution in [2.24, 2.45) is 0 Å². The van der Waals surface area contributed by atoms with Gasteiger partial charge in [0.05, 0.1) is 6.04 Å². The zero-order valence-corrected chi connectivity index (χ0v) is 19.1. The molecule has 0 spiro atoms. The molecule has 0 fully saturated rings. The number of benzene rings is 2. The normalized spacial score (nSPS) is 12.2. The van der Waals surface area contributed by atoms with Crippen molar-refractivity contribution >= 4 is 40.6 Å². The second kappa shape index (κ2) is 10.3. The Hall–Kier alpha value is -1.86. The summed E-state index contributed by atoms with van der Waals surface area (Å²) in [6, 6.07) is 15.5. The Morgan fingerprint density at radius 3 is 2.62 bits per heavy atom. The smallest absolute Gasteiger partial charge is 0.251 e. The fourth-order valence-electron chi connectivity index (χ4n) is 3.01. The van der Waals surface area contributed by atoms with Crippen molar-refractivity contribution in [2.45, 2.75) is 23.1 Å². The maximum absolute atomic E-state index is 12.9. The zero-order valence-electron chi connectivity index (χ0n) is 16.7. The monoisotopic (exact) mass is 445 g/mol.